The molecule has 0 radical (unpaired) electrons. The first-order valence-electron chi connectivity index (χ1n) is 10.1. The van der Waals surface area contributed by atoms with Gasteiger partial charge >= 0.3 is 11.9 Å². The molecule has 4 N–H and O–H groups in total. The van der Waals surface area contributed by atoms with Crippen molar-refractivity contribution in [3.8, 4) is 36.2 Å². The van der Waals surface area contributed by atoms with E-state index in [0.717, 1.165) is 11.1 Å². The van der Waals surface area contributed by atoms with Gasteiger partial charge in [0.15, 0.2) is 0 Å². The van der Waals surface area contributed by atoms with E-state index in [4.69, 9.17) is 43.3 Å². The fourth-order valence-corrected chi connectivity index (χ4v) is 2.73. The number of esters is 2. The summed E-state index contributed by atoms with van der Waals surface area (Å²) in [6.07, 6.45) is 10.8. The minimum absolute atomic E-state index is 0.169. The summed E-state index contributed by atoms with van der Waals surface area (Å²) in [5, 5.41) is 0. The Morgan fingerprint density at radius 2 is 1.09 bits per heavy atom. The molecule has 0 spiro atoms. The van der Waals surface area contributed by atoms with Crippen molar-refractivity contribution in [2.24, 2.45) is 11.5 Å². The number of benzene rings is 2. The van der Waals surface area contributed by atoms with E-state index in [1.54, 1.807) is 48.5 Å². The Balaban J connectivity index is 1.71. The molecule has 0 bridgehead atoms. The third kappa shape index (κ3) is 8.96. The molecule has 2 unspecified atom stereocenters. The molecule has 0 fully saturated rings. The van der Waals surface area contributed by atoms with Crippen LogP contribution in [0.15, 0.2) is 48.5 Å². The first-order valence-corrected chi connectivity index (χ1v) is 10.1. The van der Waals surface area contributed by atoms with Crippen LogP contribution in [0.1, 0.15) is 11.1 Å². The smallest absolute Gasteiger partial charge is 0.326 e. The highest BCUT2D eigenvalue weighted by molar-refractivity contribution is 5.77. The Morgan fingerprint density at radius 3 is 1.42 bits per heavy atom. The maximum absolute atomic E-state index is 12.1. The van der Waals surface area contributed by atoms with E-state index in [9.17, 15) is 9.59 Å². The third-order valence-electron chi connectivity index (χ3n) is 4.41. The van der Waals surface area contributed by atoms with Gasteiger partial charge in [-0.15, -0.1) is 12.8 Å². The zero-order chi connectivity index (χ0) is 24.1. The molecule has 2 atom stereocenters. The van der Waals surface area contributed by atoms with E-state index in [1.165, 1.54) is 0 Å². The summed E-state index contributed by atoms with van der Waals surface area (Å²) < 4.78 is 20.4. The van der Waals surface area contributed by atoms with Gasteiger partial charge in [0, 0.05) is 0 Å². The van der Waals surface area contributed by atoms with Crippen molar-refractivity contribution < 1.29 is 28.5 Å². The number of carbonyl (C=O) groups is 2. The molecule has 0 aliphatic carbocycles. The summed E-state index contributed by atoms with van der Waals surface area (Å²) in [7, 11) is 0. The number of carbonyl (C=O) groups excluding carboxylic acids is 2. The topological polar surface area (TPSA) is 123 Å². The molecule has 33 heavy (non-hydrogen) atoms. The van der Waals surface area contributed by atoms with Gasteiger partial charge in [-0.1, -0.05) is 36.1 Å². The van der Waals surface area contributed by atoms with Crippen LogP contribution in [0, 0.1) is 24.7 Å². The van der Waals surface area contributed by atoms with Crippen molar-refractivity contribution >= 4 is 11.9 Å². The molecule has 2 rings (SSSR count). The van der Waals surface area contributed by atoms with Crippen molar-refractivity contribution in [3.05, 3.63) is 59.7 Å². The van der Waals surface area contributed by atoms with Crippen LogP contribution in [0.25, 0.3) is 0 Å². The molecular weight excluding hydrogens is 424 g/mol. The fourth-order valence-electron chi connectivity index (χ4n) is 2.73. The molecule has 8 heteroatoms. The van der Waals surface area contributed by atoms with Crippen LogP contribution in [0.4, 0.5) is 0 Å². The molecule has 0 saturated carbocycles. The minimum atomic E-state index is -0.926. The molecule has 172 valence electrons. The number of hydrogen-bond donors (Lipinski definition) is 2. The molecule has 2 aromatic carbocycles. The number of nitrogens with two attached hydrogens (primary N) is 2. The lowest BCUT2D eigenvalue weighted by Crippen LogP contribution is -2.37. The second kappa shape index (κ2) is 13.4. The summed E-state index contributed by atoms with van der Waals surface area (Å²) in [5.74, 6) is 4.58. The zero-order valence-corrected chi connectivity index (χ0v) is 18.1. The maximum Gasteiger partial charge on any atom is 0.326 e. The monoisotopic (exact) mass is 450 g/mol. The van der Waals surface area contributed by atoms with Crippen LogP contribution in [0.2, 0.25) is 0 Å². The lowest BCUT2D eigenvalue weighted by Gasteiger charge is -2.14. The Hall–Kier alpha value is -3.98. The van der Waals surface area contributed by atoms with Crippen LogP contribution in [0.5, 0.6) is 11.5 Å². The van der Waals surface area contributed by atoms with Gasteiger partial charge in [0.2, 0.25) is 6.79 Å². The van der Waals surface area contributed by atoms with Gasteiger partial charge in [0.25, 0.3) is 0 Å². The maximum atomic E-state index is 12.1. The molecule has 0 aliphatic heterocycles. The van der Waals surface area contributed by atoms with E-state index >= 15 is 0 Å². The second-order valence-electron chi connectivity index (χ2n) is 6.94. The van der Waals surface area contributed by atoms with Crippen LogP contribution >= 0.6 is 0 Å². The van der Waals surface area contributed by atoms with Crippen molar-refractivity contribution in [1.29, 1.82) is 0 Å². The first kappa shape index (κ1) is 25.3. The van der Waals surface area contributed by atoms with Gasteiger partial charge in [0.05, 0.1) is 0 Å². The SMILES string of the molecule is C#CCOc1ccc(CC(N)C(=O)OCOC(=O)C(N)Cc2ccc(OCC#C)cc2)cc1. The van der Waals surface area contributed by atoms with Crippen molar-refractivity contribution in [1.82, 2.24) is 0 Å². The predicted octanol–water partition coefficient (Wildman–Crippen LogP) is 1.19. The van der Waals surface area contributed by atoms with Gasteiger partial charge in [-0.2, -0.15) is 0 Å². The normalized spacial score (nSPS) is 11.9. The summed E-state index contributed by atoms with van der Waals surface area (Å²) >= 11 is 0. The molecule has 0 saturated heterocycles. The summed E-state index contributed by atoms with van der Waals surface area (Å²) in [6, 6.07) is 12.1. The molecule has 2 aromatic rings. The van der Waals surface area contributed by atoms with E-state index in [-0.39, 0.29) is 26.1 Å². The molecular formula is C25H26N2O6. The Bertz CT molecular complexity index is 908. The number of terminal acetylenes is 2. The van der Waals surface area contributed by atoms with Crippen molar-refractivity contribution in [2.45, 2.75) is 24.9 Å². The van der Waals surface area contributed by atoms with Crippen LogP contribution < -0.4 is 20.9 Å². The highest BCUT2D eigenvalue weighted by atomic mass is 16.7. The third-order valence-corrected chi connectivity index (χ3v) is 4.41. The molecule has 0 aromatic heterocycles. The number of rotatable bonds is 12. The minimum Gasteiger partial charge on any atom is -0.481 e. The highest BCUT2D eigenvalue weighted by Gasteiger charge is 2.19. The van der Waals surface area contributed by atoms with E-state index in [2.05, 4.69) is 11.8 Å². The number of hydrogen-bond acceptors (Lipinski definition) is 8. The first-order chi connectivity index (χ1) is 15.9. The Kier molecular flexibility index (Phi) is 10.3. The molecule has 0 amide bonds. The quantitative estimate of drug-likeness (QED) is 0.281. The zero-order valence-electron chi connectivity index (χ0n) is 18.1. The summed E-state index contributed by atoms with van der Waals surface area (Å²) in [4.78, 5) is 24.1. The number of ether oxygens (including phenoxy) is 4. The predicted molar refractivity (Wildman–Crippen MR) is 122 cm³/mol. The van der Waals surface area contributed by atoms with Gasteiger partial charge < -0.3 is 30.4 Å². The Labute approximate surface area is 193 Å². The standard InChI is InChI=1S/C25H26N2O6/c1-3-13-30-20-9-5-18(6-10-20)15-22(26)24(28)32-17-33-25(29)23(27)16-19-7-11-21(12-8-19)31-14-4-2/h1-2,5-12,22-23H,13-17,26-27H2. The average Bonchev–Trinajstić information content (AvgIpc) is 2.82. The Morgan fingerprint density at radius 1 is 0.727 bits per heavy atom. The molecule has 8 nitrogen and oxygen atoms in total. The van der Waals surface area contributed by atoms with Gasteiger partial charge in [-0.25, -0.2) is 0 Å². The largest absolute Gasteiger partial charge is 0.481 e. The van der Waals surface area contributed by atoms with Gasteiger partial charge in [0.1, 0.15) is 36.8 Å². The van der Waals surface area contributed by atoms with Crippen molar-refractivity contribution in [2.75, 3.05) is 20.0 Å². The van der Waals surface area contributed by atoms with Gasteiger partial charge in [-0.3, -0.25) is 9.59 Å². The molecule has 0 aliphatic rings. The highest BCUT2D eigenvalue weighted by Crippen LogP contribution is 2.14. The summed E-state index contributed by atoms with van der Waals surface area (Å²) in [6.45, 7) is -0.235. The second-order valence-corrected chi connectivity index (χ2v) is 6.94. The average molecular weight is 450 g/mol. The van der Waals surface area contributed by atoms with Crippen LogP contribution in [0.3, 0.4) is 0 Å². The van der Waals surface area contributed by atoms with Crippen molar-refractivity contribution in [3.63, 3.8) is 0 Å². The molecule has 0 heterocycles. The lowest BCUT2D eigenvalue weighted by atomic mass is 10.1. The lowest BCUT2D eigenvalue weighted by molar-refractivity contribution is -0.169. The van der Waals surface area contributed by atoms with Crippen LogP contribution in [-0.2, 0) is 31.9 Å². The van der Waals surface area contributed by atoms with E-state index in [1.807, 2.05) is 0 Å². The van der Waals surface area contributed by atoms with Crippen LogP contribution in [-0.4, -0.2) is 44.0 Å². The fraction of sp³-hybridized carbons (Fsp3) is 0.280. The summed E-state index contributed by atoms with van der Waals surface area (Å²) in [5.41, 5.74) is 13.4. The van der Waals surface area contributed by atoms with Gasteiger partial charge in [-0.05, 0) is 48.2 Å². The van der Waals surface area contributed by atoms with E-state index in [0.29, 0.717) is 11.5 Å². The van der Waals surface area contributed by atoms with E-state index < -0.39 is 30.8 Å².